The zero-order valence-corrected chi connectivity index (χ0v) is 16.7. The SMILES string of the molecule is CCc1ccc(CC)c(CNC(=O)[C@@H](CC)Oc2cccc(C)c2C)c1. The minimum absolute atomic E-state index is 0.0580. The molecule has 0 spiro atoms. The van der Waals surface area contributed by atoms with Gasteiger partial charge in [-0.3, -0.25) is 4.79 Å². The van der Waals surface area contributed by atoms with Crippen molar-refractivity contribution in [1.29, 1.82) is 0 Å². The van der Waals surface area contributed by atoms with Crippen LogP contribution in [0.1, 0.15) is 55.0 Å². The molecule has 3 heteroatoms. The number of benzene rings is 2. The standard InChI is InChI=1S/C23H31NO2/c1-6-18-12-13-19(7-2)20(14-18)15-24-23(25)21(8-3)26-22-11-9-10-16(4)17(22)5/h9-14,21H,6-8,15H2,1-5H3,(H,24,25)/t21-/m1/s1. The van der Waals surface area contributed by atoms with Gasteiger partial charge in [0.1, 0.15) is 5.75 Å². The fourth-order valence-corrected chi connectivity index (χ4v) is 3.03. The monoisotopic (exact) mass is 353 g/mol. The highest BCUT2D eigenvalue weighted by Gasteiger charge is 2.19. The number of hydrogen-bond donors (Lipinski definition) is 1. The second-order valence-electron chi connectivity index (χ2n) is 6.74. The molecule has 0 saturated carbocycles. The topological polar surface area (TPSA) is 38.3 Å². The molecule has 0 radical (unpaired) electrons. The van der Waals surface area contributed by atoms with Crippen molar-refractivity contribution in [2.75, 3.05) is 0 Å². The Morgan fingerprint density at radius 2 is 1.81 bits per heavy atom. The number of hydrogen-bond acceptors (Lipinski definition) is 2. The van der Waals surface area contributed by atoms with Crippen molar-refractivity contribution >= 4 is 5.91 Å². The van der Waals surface area contributed by atoms with Crippen molar-refractivity contribution < 1.29 is 9.53 Å². The Hall–Kier alpha value is -2.29. The maximum atomic E-state index is 12.7. The van der Waals surface area contributed by atoms with Crippen LogP contribution in [0.25, 0.3) is 0 Å². The summed E-state index contributed by atoms with van der Waals surface area (Å²) >= 11 is 0. The lowest BCUT2D eigenvalue weighted by atomic mass is 10.0. The predicted molar refractivity (Wildman–Crippen MR) is 108 cm³/mol. The maximum Gasteiger partial charge on any atom is 0.261 e. The molecule has 3 nitrogen and oxygen atoms in total. The van der Waals surface area contributed by atoms with Gasteiger partial charge >= 0.3 is 0 Å². The number of rotatable bonds is 8. The summed E-state index contributed by atoms with van der Waals surface area (Å²) in [6.07, 6.45) is 2.12. The number of aryl methyl sites for hydroxylation is 3. The number of nitrogens with one attached hydrogen (secondary N) is 1. The van der Waals surface area contributed by atoms with Crippen molar-refractivity contribution in [3.8, 4) is 5.75 Å². The lowest BCUT2D eigenvalue weighted by molar-refractivity contribution is -0.128. The van der Waals surface area contributed by atoms with Crippen molar-refractivity contribution in [3.63, 3.8) is 0 Å². The molecule has 1 N–H and O–H groups in total. The van der Waals surface area contributed by atoms with Crippen LogP contribution in [-0.2, 0) is 24.2 Å². The Morgan fingerprint density at radius 3 is 2.46 bits per heavy atom. The van der Waals surface area contributed by atoms with E-state index in [4.69, 9.17) is 4.74 Å². The normalized spacial score (nSPS) is 11.9. The first-order valence-corrected chi connectivity index (χ1v) is 9.61. The van der Waals surface area contributed by atoms with E-state index in [1.807, 2.05) is 26.0 Å². The highest BCUT2D eigenvalue weighted by molar-refractivity contribution is 5.81. The van der Waals surface area contributed by atoms with Gasteiger partial charge in [-0.05, 0) is 67.0 Å². The van der Waals surface area contributed by atoms with Gasteiger partial charge in [-0.15, -0.1) is 0 Å². The summed E-state index contributed by atoms with van der Waals surface area (Å²) in [5.41, 5.74) is 6.03. The molecule has 1 atom stereocenters. The summed E-state index contributed by atoms with van der Waals surface area (Å²) in [5.74, 6) is 0.728. The third-order valence-corrected chi connectivity index (χ3v) is 5.00. The van der Waals surface area contributed by atoms with Crippen molar-refractivity contribution in [1.82, 2.24) is 5.32 Å². The molecular weight excluding hydrogens is 322 g/mol. The van der Waals surface area contributed by atoms with E-state index in [0.717, 1.165) is 24.2 Å². The van der Waals surface area contributed by atoms with Crippen molar-refractivity contribution in [2.24, 2.45) is 0 Å². The van der Waals surface area contributed by atoms with Crippen LogP contribution in [0.3, 0.4) is 0 Å². The zero-order chi connectivity index (χ0) is 19.1. The molecule has 0 aliphatic carbocycles. The molecular formula is C23H31NO2. The summed E-state index contributed by atoms with van der Waals surface area (Å²) < 4.78 is 6.01. The first-order valence-electron chi connectivity index (χ1n) is 9.61. The summed E-state index contributed by atoms with van der Waals surface area (Å²) in [4.78, 5) is 12.7. The van der Waals surface area contributed by atoms with E-state index in [1.165, 1.54) is 22.3 Å². The van der Waals surface area contributed by atoms with Gasteiger partial charge in [0.05, 0.1) is 0 Å². The Kier molecular flexibility index (Phi) is 7.26. The van der Waals surface area contributed by atoms with Gasteiger partial charge < -0.3 is 10.1 Å². The van der Waals surface area contributed by atoms with E-state index in [2.05, 4.69) is 50.4 Å². The van der Waals surface area contributed by atoms with Gasteiger partial charge in [0.2, 0.25) is 0 Å². The van der Waals surface area contributed by atoms with E-state index < -0.39 is 6.10 Å². The minimum atomic E-state index is -0.477. The number of carbonyl (C=O) groups excluding carboxylic acids is 1. The van der Waals surface area contributed by atoms with E-state index in [1.54, 1.807) is 0 Å². The predicted octanol–water partition coefficient (Wildman–Crippen LogP) is 4.90. The Bertz CT molecular complexity index is 752. The van der Waals surface area contributed by atoms with Gasteiger partial charge in [-0.1, -0.05) is 51.1 Å². The highest BCUT2D eigenvalue weighted by Crippen LogP contribution is 2.22. The molecule has 0 aliphatic heterocycles. The second kappa shape index (κ2) is 9.42. The average Bonchev–Trinajstić information content (AvgIpc) is 2.66. The molecule has 0 aromatic heterocycles. The zero-order valence-electron chi connectivity index (χ0n) is 16.7. The molecule has 2 aromatic carbocycles. The Labute approximate surface area is 157 Å². The van der Waals surface area contributed by atoms with Gasteiger partial charge in [0.25, 0.3) is 5.91 Å². The summed E-state index contributed by atoms with van der Waals surface area (Å²) in [6, 6.07) is 12.5. The first-order chi connectivity index (χ1) is 12.5. The van der Waals surface area contributed by atoms with Crippen LogP contribution >= 0.6 is 0 Å². The van der Waals surface area contributed by atoms with Crippen molar-refractivity contribution in [3.05, 3.63) is 64.2 Å². The smallest absolute Gasteiger partial charge is 0.261 e. The lowest BCUT2D eigenvalue weighted by Gasteiger charge is -2.20. The van der Waals surface area contributed by atoms with Crippen LogP contribution in [0.2, 0.25) is 0 Å². The molecule has 2 rings (SSSR count). The number of ether oxygens (including phenoxy) is 1. The summed E-state index contributed by atoms with van der Waals surface area (Å²) in [7, 11) is 0. The highest BCUT2D eigenvalue weighted by atomic mass is 16.5. The minimum Gasteiger partial charge on any atom is -0.480 e. The first kappa shape index (κ1) is 20.0. The largest absolute Gasteiger partial charge is 0.480 e. The van der Waals surface area contributed by atoms with Crippen LogP contribution in [0.15, 0.2) is 36.4 Å². The van der Waals surface area contributed by atoms with E-state index >= 15 is 0 Å². The quantitative estimate of drug-likeness (QED) is 0.733. The van der Waals surface area contributed by atoms with E-state index in [9.17, 15) is 4.79 Å². The van der Waals surface area contributed by atoms with Crippen LogP contribution < -0.4 is 10.1 Å². The van der Waals surface area contributed by atoms with Crippen LogP contribution in [0.4, 0.5) is 0 Å². The summed E-state index contributed by atoms with van der Waals surface area (Å²) in [5, 5.41) is 3.07. The molecule has 0 fully saturated rings. The molecule has 2 aromatic rings. The third kappa shape index (κ3) is 4.87. The molecule has 0 bridgehead atoms. The molecule has 1 amide bonds. The third-order valence-electron chi connectivity index (χ3n) is 5.00. The molecule has 26 heavy (non-hydrogen) atoms. The fraction of sp³-hybridized carbons (Fsp3) is 0.435. The fourth-order valence-electron chi connectivity index (χ4n) is 3.03. The number of carbonyl (C=O) groups is 1. The molecule has 140 valence electrons. The Balaban J connectivity index is 2.07. The number of amides is 1. The van der Waals surface area contributed by atoms with Gasteiger partial charge in [0.15, 0.2) is 6.10 Å². The maximum absolute atomic E-state index is 12.7. The summed E-state index contributed by atoms with van der Waals surface area (Å²) in [6.45, 7) is 10.9. The average molecular weight is 354 g/mol. The van der Waals surface area contributed by atoms with Crippen molar-refractivity contribution in [2.45, 2.75) is 66.5 Å². The Morgan fingerprint density at radius 1 is 1.04 bits per heavy atom. The van der Waals surface area contributed by atoms with Crippen LogP contribution in [-0.4, -0.2) is 12.0 Å². The second-order valence-corrected chi connectivity index (χ2v) is 6.74. The van der Waals surface area contributed by atoms with E-state index in [-0.39, 0.29) is 5.91 Å². The van der Waals surface area contributed by atoms with Crippen LogP contribution in [0.5, 0.6) is 5.75 Å². The van der Waals surface area contributed by atoms with Gasteiger partial charge in [0, 0.05) is 6.54 Å². The lowest BCUT2D eigenvalue weighted by Crippen LogP contribution is -2.38. The molecule has 0 saturated heterocycles. The van der Waals surface area contributed by atoms with Gasteiger partial charge in [-0.2, -0.15) is 0 Å². The molecule has 0 heterocycles. The molecule has 0 aliphatic rings. The molecule has 0 unspecified atom stereocenters. The van der Waals surface area contributed by atoms with Gasteiger partial charge in [-0.25, -0.2) is 0 Å². The van der Waals surface area contributed by atoms with E-state index in [0.29, 0.717) is 13.0 Å². The van der Waals surface area contributed by atoms with Crippen LogP contribution in [0, 0.1) is 13.8 Å².